The molecule has 0 radical (unpaired) electrons. The molecule has 0 saturated carbocycles. The number of hydrogen-bond donors (Lipinski definition) is 2. The third kappa shape index (κ3) is 2.83. The van der Waals surface area contributed by atoms with Gasteiger partial charge in [-0.2, -0.15) is 0 Å². The lowest BCUT2D eigenvalue weighted by molar-refractivity contribution is -0.135. The van der Waals surface area contributed by atoms with Crippen molar-refractivity contribution in [3.8, 4) is 11.8 Å². The summed E-state index contributed by atoms with van der Waals surface area (Å²) in [7, 11) is 0. The summed E-state index contributed by atoms with van der Waals surface area (Å²) in [5.41, 5.74) is 1.04. The van der Waals surface area contributed by atoms with Crippen LogP contribution in [-0.2, 0) is 4.79 Å². The topological polar surface area (TPSA) is 70.2 Å². The monoisotopic (exact) mass is 177 g/mol. The number of H-pyrrole nitrogens is 1. The summed E-state index contributed by atoms with van der Waals surface area (Å²) >= 11 is 0. The van der Waals surface area contributed by atoms with Crippen LogP contribution in [0.1, 0.15) is 22.5 Å². The first kappa shape index (κ1) is 9.07. The molecule has 0 bridgehead atoms. The van der Waals surface area contributed by atoms with Gasteiger partial charge in [-0.3, -0.25) is 9.59 Å². The second kappa shape index (κ2) is 4.12. The average Bonchev–Trinajstić information content (AvgIpc) is 2.52. The minimum Gasteiger partial charge on any atom is -0.481 e. The Hall–Kier alpha value is -2.02. The highest BCUT2D eigenvalue weighted by Crippen LogP contribution is 1.98. The van der Waals surface area contributed by atoms with E-state index in [1.165, 1.54) is 0 Å². The van der Waals surface area contributed by atoms with Gasteiger partial charge in [0, 0.05) is 11.8 Å². The van der Waals surface area contributed by atoms with Crippen molar-refractivity contribution in [3.05, 3.63) is 23.5 Å². The predicted molar refractivity (Wildman–Crippen MR) is 45.3 cm³/mol. The van der Waals surface area contributed by atoms with Crippen LogP contribution in [0, 0.1) is 11.8 Å². The Balaban J connectivity index is 2.66. The maximum absolute atomic E-state index is 10.2. The van der Waals surface area contributed by atoms with E-state index in [0.29, 0.717) is 17.5 Å². The molecule has 1 aromatic heterocycles. The van der Waals surface area contributed by atoms with E-state index in [0.717, 1.165) is 0 Å². The molecule has 4 heteroatoms. The fraction of sp³-hybridized carbons (Fsp3) is 0.111. The van der Waals surface area contributed by atoms with Crippen molar-refractivity contribution in [2.45, 2.75) is 6.42 Å². The minimum atomic E-state index is -0.960. The largest absolute Gasteiger partial charge is 0.481 e. The molecule has 4 nitrogen and oxygen atoms in total. The van der Waals surface area contributed by atoms with Crippen LogP contribution < -0.4 is 0 Å². The Morgan fingerprint density at radius 2 is 2.46 bits per heavy atom. The van der Waals surface area contributed by atoms with Gasteiger partial charge < -0.3 is 10.1 Å². The van der Waals surface area contributed by atoms with E-state index in [-0.39, 0.29) is 6.42 Å². The molecule has 1 heterocycles. The van der Waals surface area contributed by atoms with Crippen molar-refractivity contribution >= 4 is 12.3 Å². The van der Waals surface area contributed by atoms with Crippen LogP contribution in [0.4, 0.5) is 0 Å². The molecule has 0 aliphatic heterocycles. The van der Waals surface area contributed by atoms with Gasteiger partial charge in [0.1, 0.15) is 6.42 Å². The molecule has 0 saturated heterocycles. The number of aliphatic carboxylic acids is 1. The van der Waals surface area contributed by atoms with Crippen molar-refractivity contribution in [1.29, 1.82) is 0 Å². The molecule has 0 aliphatic rings. The summed E-state index contributed by atoms with van der Waals surface area (Å²) < 4.78 is 0. The molecule has 0 aromatic carbocycles. The van der Waals surface area contributed by atoms with E-state index >= 15 is 0 Å². The van der Waals surface area contributed by atoms with Crippen molar-refractivity contribution < 1.29 is 14.7 Å². The Morgan fingerprint density at radius 1 is 1.69 bits per heavy atom. The fourth-order valence-corrected chi connectivity index (χ4v) is 0.774. The van der Waals surface area contributed by atoms with Crippen LogP contribution in [0.5, 0.6) is 0 Å². The number of rotatable bonds is 2. The first-order chi connectivity index (χ1) is 6.22. The Bertz CT molecular complexity index is 381. The van der Waals surface area contributed by atoms with E-state index in [2.05, 4.69) is 16.8 Å². The lowest BCUT2D eigenvalue weighted by atomic mass is 10.3. The number of hydrogen-bond acceptors (Lipinski definition) is 2. The van der Waals surface area contributed by atoms with Gasteiger partial charge in [-0.1, -0.05) is 11.8 Å². The lowest BCUT2D eigenvalue weighted by Gasteiger charge is -1.78. The molecular weight excluding hydrogens is 170 g/mol. The fourth-order valence-electron chi connectivity index (χ4n) is 0.774. The Kier molecular flexibility index (Phi) is 2.87. The third-order valence-electron chi connectivity index (χ3n) is 1.30. The van der Waals surface area contributed by atoms with Crippen molar-refractivity contribution in [2.24, 2.45) is 0 Å². The SMILES string of the molecule is O=Cc1cc(C#CCC(=O)O)c[nH]1. The number of carboxylic acid groups (broad SMARTS) is 1. The molecule has 66 valence electrons. The zero-order valence-electron chi connectivity index (χ0n) is 6.70. The van der Waals surface area contributed by atoms with E-state index in [9.17, 15) is 9.59 Å². The predicted octanol–water partition coefficient (Wildman–Crippen LogP) is 0.653. The van der Waals surface area contributed by atoms with Gasteiger partial charge in [-0.15, -0.1) is 0 Å². The molecule has 0 atom stereocenters. The highest BCUT2D eigenvalue weighted by molar-refractivity contribution is 5.73. The number of carbonyl (C=O) groups is 2. The van der Waals surface area contributed by atoms with Crippen LogP contribution in [0.2, 0.25) is 0 Å². The first-order valence-electron chi connectivity index (χ1n) is 3.56. The van der Waals surface area contributed by atoms with Crippen molar-refractivity contribution in [3.63, 3.8) is 0 Å². The van der Waals surface area contributed by atoms with E-state index in [1.807, 2.05) is 0 Å². The van der Waals surface area contributed by atoms with Crippen molar-refractivity contribution in [2.75, 3.05) is 0 Å². The van der Waals surface area contributed by atoms with Crippen LogP contribution in [0.15, 0.2) is 12.3 Å². The molecule has 1 aromatic rings. The van der Waals surface area contributed by atoms with Gasteiger partial charge in [0.25, 0.3) is 0 Å². The summed E-state index contributed by atoms with van der Waals surface area (Å²) in [6, 6.07) is 1.56. The highest BCUT2D eigenvalue weighted by Gasteiger charge is 1.93. The summed E-state index contributed by atoms with van der Waals surface area (Å²) in [4.78, 5) is 23.0. The molecule has 0 fully saturated rings. The molecule has 0 unspecified atom stereocenters. The maximum Gasteiger partial charge on any atom is 0.315 e. The van der Waals surface area contributed by atoms with Crippen LogP contribution in [0.25, 0.3) is 0 Å². The molecule has 0 aliphatic carbocycles. The van der Waals surface area contributed by atoms with E-state index < -0.39 is 5.97 Å². The maximum atomic E-state index is 10.2. The smallest absolute Gasteiger partial charge is 0.315 e. The zero-order chi connectivity index (χ0) is 9.68. The number of aromatic amines is 1. The normalized spacial score (nSPS) is 8.62. The third-order valence-corrected chi connectivity index (χ3v) is 1.30. The van der Waals surface area contributed by atoms with Crippen LogP contribution in [0.3, 0.4) is 0 Å². The van der Waals surface area contributed by atoms with Gasteiger partial charge in [0.05, 0.1) is 5.69 Å². The summed E-state index contributed by atoms with van der Waals surface area (Å²) in [5.74, 6) is 4.10. The Morgan fingerprint density at radius 3 is 3.00 bits per heavy atom. The summed E-state index contributed by atoms with van der Waals surface area (Å²) in [6.07, 6.45) is 2.03. The lowest BCUT2D eigenvalue weighted by Crippen LogP contribution is -1.89. The highest BCUT2D eigenvalue weighted by atomic mass is 16.4. The van der Waals surface area contributed by atoms with Gasteiger partial charge >= 0.3 is 5.97 Å². The second-order valence-electron chi connectivity index (χ2n) is 2.33. The number of aromatic nitrogens is 1. The molecule has 1 rings (SSSR count). The second-order valence-corrected chi connectivity index (χ2v) is 2.33. The first-order valence-corrected chi connectivity index (χ1v) is 3.56. The van der Waals surface area contributed by atoms with Crippen LogP contribution >= 0.6 is 0 Å². The van der Waals surface area contributed by atoms with Gasteiger partial charge in [0.15, 0.2) is 6.29 Å². The van der Waals surface area contributed by atoms with E-state index in [1.54, 1.807) is 12.3 Å². The summed E-state index contributed by atoms with van der Waals surface area (Å²) in [5, 5.41) is 8.28. The quantitative estimate of drug-likeness (QED) is 0.514. The van der Waals surface area contributed by atoms with E-state index in [4.69, 9.17) is 5.11 Å². The van der Waals surface area contributed by atoms with Crippen LogP contribution in [-0.4, -0.2) is 22.3 Å². The minimum absolute atomic E-state index is 0.193. The molecule has 0 amide bonds. The standard InChI is InChI=1S/C9H7NO3/c11-6-8-4-7(5-10-8)2-1-3-9(12)13/h4-6,10H,3H2,(H,12,13). The Labute approximate surface area is 74.6 Å². The van der Waals surface area contributed by atoms with Gasteiger partial charge in [0.2, 0.25) is 0 Å². The molecule has 13 heavy (non-hydrogen) atoms. The summed E-state index contributed by atoms with van der Waals surface area (Å²) in [6.45, 7) is 0. The molecule has 0 spiro atoms. The number of carboxylic acids is 1. The molecule has 2 N–H and O–H groups in total. The van der Waals surface area contributed by atoms with Gasteiger partial charge in [-0.25, -0.2) is 0 Å². The number of aldehydes is 1. The van der Waals surface area contributed by atoms with Crippen molar-refractivity contribution in [1.82, 2.24) is 4.98 Å². The average molecular weight is 177 g/mol. The number of nitrogens with one attached hydrogen (secondary N) is 1. The number of carbonyl (C=O) groups excluding carboxylic acids is 1. The molecular formula is C9H7NO3. The zero-order valence-corrected chi connectivity index (χ0v) is 6.70. The van der Waals surface area contributed by atoms with Gasteiger partial charge in [-0.05, 0) is 6.07 Å².